The smallest absolute Gasteiger partial charge is 0.259 e. The van der Waals surface area contributed by atoms with Gasteiger partial charge in [-0.05, 0) is 60.2 Å². The summed E-state index contributed by atoms with van der Waals surface area (Å²) in [4.78, 5) is 12.9. The number of benzene rings is 2. The van der Waals surface area contributed by atoms with E-state index in [0.29, 0.717) is 28.5 Å². The molecule has 0 aliphatic carbocycles. The van der Waals surface area contributed by atoms with Crippen molar-refractivity contribution in [3.8, 4) is 11.4 Å². The summed E-state index contributed by atoms with van der Waals surface area (Å²) < 4.78 is 17.2. The largest absolute Gasteiger partial charge is 0.322 e. The number of anilines is 1. The van der Waals surface area contributed by atoms with Gasteiger partial charge in [0.15, 0.2) is 5.82 Å². The molecule has 1 amide bonds. The first-order chi connectivity index (χ1) is 14.5. The normalized spacial score (nSPS) is 10.9. The van der Waals surface area contributed by atoms with Crippen molar-refractivity contribution in [3.05, 3.63) is 76.6 Å². The first kappa shape index (κ1) is 19.7. The van der Waals surface area contributed by atoms with Crippen molar-refractivity contribution in [3.63, 3.8) is 0 Å². The maximum Gasteiger partial charge on any atom is 0.259 e. The Balaban J connectivity index is 1.65. The second-order valence-electron chi connectivity index (χ2n) is 6.51. The average Bonchev–Trinajstić information content (AvgIpc) is 3.35. The van der Waals surface area contributed by atoms with Crippen LogP contribution in [-0.2, 0) is 6.42 Å². The van der Waals surface area contributed by atoms with Gasteiger partial charge in [0.05, 0.1) is 23.1 Å². The maximum absolute atomic E-state index is 14.3. The van der Waals surface area contributed by atoms with Gasteiger partial charge in [-0.15, -0.1) is 5.10 Å². The molecule has 0 saturated heterocycles. The van der Waals surface area contributed by atoms with E-state index in [1.54, 1.807) is 23.7 Å². The van der Waals surface area contributed by atoms with Gasteiger partial charge in [0, 0.05) is 10.7 Å². The number of halogens is 2. The van der Waals surface area contributed by atoms with Gasteiger partial charge in [0.2, 0.25) is 0 Å². The molecule has 4 aromatic rings. The Morgan fingerprint density at radius 3 is 2.73 bits per heavy atom. The molecule has 30 heavy (non-hydrogen) atoms. The molecule has 152 valence electrons. The molecule has 2 heterocycles. The fourth-order valence-electron chi connectivity index (χ4n) is 3.14. The summed E-state index contributed by atoms with van der Waals surface area (Å²) >= 11 is 6.08. The second-order valence-corrected chi connectivity index (χ2v) is 6.94. The Morgan fingerprint density at radius 1 is 1.20 bits per heavy atom. The van der Waals surface area contributed by atoms with Gasteiger partial charge < -0.3 is 5.32 Å². The van der Waals surface area contributed by atoms with Gasteiger partial charge in [-0.2, -0.15) is 9.78 Å². The molecule has 0 bridgehead atoms. The number of hydrogen-bond donors (Lipinski definition) is 1. The molecular weight excluding hydrogens is 409 g/mol. The lowest BCUT2D eigenvalue weighted by Gasteiger charge is -2.10. The van der Waals surface area contributed by atoms with Gasteiger partial charge in [0.25, 0.3) is 5.91 Å². The average molecular weight is 426 g/mol. The maximum atomic E-state index is 14.3. The number of aromatic nitrogens is 6. The minimum absolute atomic E-state index is 0.139. The zero-order valence-corrected chi connectivity index (χ0v) is 16.9. The van der Waals surface area contributed by atoms with Crippen molar-refractivity contribution in [2.24, 2.45) is 0 Å². The minimum atomic E-state index is -0.508. The fourth-order valence-corrected chi connectivity index (χ4v) is 3.32. The van der Waals surface area contributed by atoms with Crippen LogP contribution in [0.25, 0.3) is 11.4 Å². The van der Waals surface area contributed by atoms with Crippen LogP contribution in [0.4, 0.5) is 10.1 Å². The van der Waals surface area contributed by atoms with E-state index in [9.17, 15) is 9.18 Å². The van der Waals surface area contributed by atoms with Crippen LogP contribution in [0.2, 0.25) is 5.02 Å². The molecule has 2 aromatic heterocycles. The summed E-state index contributed by atoms with van der Waals surface area (Å²) in [6, 6.07) is 11.4. The van der Waals surface area contributed by atoms with Crippen molar-refractivity contribution < 1.29 is 9.18 Å². The zero-order chi connectivity index (χ0) is 21.3. The number of carbonyl (C=O) groups excluding carboxylic acids is 1. The Morgan fingerprint density at radius 2 is 2.03 bits per heavy atom. The van der Waals surface area contributed by atoms with Gasteiger partial charge in [-0.3, -0.25) is 4.79 Å². The van der Waals surface area contributed by atoms with E-state index in [1.807, 2.05) is 19.1 Å². The number of rotatable bonds is 5. The van der Waals surface area contributed by atoms with Crippen LogP contribution < -0.4 is 5.32 Å². The van der Waals surface area contributed by atoms with E-state index in [2.05, 4.69) is 25.9 Å². The molecule has 0 fully saturated rings. The molecule has 0 radical (unpaired) electrons. The number of nitrogens with zero attached hydrogens (tertiary/aromatic N) is 6. The third-order valence-corrected chi connectivity index (χ3v) is 4.79. The van der Waals surface area contributed by atoms with Crippen LogP contribution in [0.1, 0.15) is 28.8 Å². The lowest BCUT2D eigenvalue weighted by Crippen LogP contribution is -2.15. The van der Waals surface area contributed by atoms with Crippen LogP contribution in [0, 0.1) is 12.7 Å². The van der Waals surface area contributed by atoms with E-state index in [1.165, 1.54) is 29.1 Å². The van der Waals surface area contributed by atoms with Gasteiger partial charge >= 0.3 is 0 Å². The van der Waals surface area contributed by atoms with Gasteiger partial charge in [-0.1, -0.05) is 24.6 Å². The number of nitrogens with one attached hydrogen (secondary N) is 1. The molecule has 0 unspecified atom stereocenters. The topological polar surface area (TPSA) is 90.5 Å². The highest BCUT2D eigenvalue weighted by Crippen LogP contribution is 2.22. The summed E-state index contributed by atoms with van der Waals surface area (Å²) in [5.41, 5.74) is 2.46. The molecule has 0 aliphatic heterocycles. The summed E-state index contributed by atoms with van der Waals surface area (Å²) in [6.07, 6.45) is 2.08. The van der Waals surface area contributed by atoms with Gasteiger partial charge in [0.1, 0.15) is 11.5 Å². The Bertz CT molecular complexity index is 1230. The molecule has 0 spiro atoms. The van der Waals surface area contributed by atoms with E-state index in [-0.39, 0.29) is 11.6 Å². The molecule has 4 rings (SSSR count). The van der Waals surface area contributed by atoms with Gasteiger partial charge in [-0.25, -0.2) is 9.07 Å². The van der Waals surface area contributed by atoms with Crippen LogP contribution in [0.15, 0.2) is 48.7 Å². The first-order valence-electron chi connectivity index (χ1n) is 9.17. The summed E-state index contributed by atoms with van der Waals surface area (Å²) in [6.45, 7) is 3.59. The van der Waals surface area contributed by atoms with E-state index in [0.717, 1.165) is 11.4 Å². The molecule has 8 nitrogen and oxygen atoms in total. The van der Waals surface area contributed by atoms with Crippen LogP contribution in [0.5, 0.6) is 0 Å². The molecule has 10 heteroatoms. The third kappa shape index (κ3) is 3.67. The number of aryl methyl sites for hydroxylation is 1. The SMILES string of the molecule is CCc1c(C(=O)Nc2ccc(F)c(-n3nnnc3C)c2)cnn1-c1cccc(Cl)c1. The van der Waals surface area contributed by atoms with Crippen LogP contribution in [0.3, 0.4) is 0 Å². The van der Waals surface area contributed by atoms with Crippen LogP contribution >= 0.6 is 11.6 Å². The summed E-state index contributed by atoms with van der Waals surface area (Å²) in [5.74, 6) is -0.439. The van der Waals surface area contributed by atoms with Crippen molar-refractivity contribution in [2.45, 2.75) is 20.3 Å². The number of carbonyl (C=O) groups is 1. The highest BCUT2D eigenvalue weighted by atomic mass is 35.5. The standard InChI is InChI=1S/C20H17ClFN7O/c1-3-18-16(11-23-29(18)15-6-4-5-13(21)9-15)20(30)24-14-7-8-17(22)19(10-14)28-12(2)25-26-27-28/h4-11H,3H2,1-2H3,(H,24,30). The van der Waals surface area contributed by atoms with E-state index in [4.69, 9.17) is 11.6 Å². The number of amides is 1. The molecule has 1 N–H and O–H groups in total. The number of hydrogen-bond acceptors (Lipinski definition) is 5. The van der Waals surface area contributed by atoms with E-state index >= 15 is 0 Å². The minimum Gasteiger partial charge on any atom is -0.322 e. The Hall–Kier alpha value is -3.59. The highest BCUT2D eigenvalue weighted by Gasteiger charge is 2.18. The monoisotopic (exact) mass is 425 g/mol. The lowest BCUT2D eigenvalue weighted by molar-refractivity contribution is 0.102. The molecule has 0 aliphatic rings. The molecule has 0 saturated carbocycles. The van der Waals surface area contributed by atoms with E-state index < -0.39 is 5.82 Å². The third-order valence-electron chi connectivity index (χ3n) is 4.56. The molecule has 2 aromatic carbocycles. The van der Waals surface area contributed by atoms with Crippen molar-refractivity contribution >= 4 is 23.2 Å². The highest BCUT2D eigenvalue weighted by molar-refractivity contribution is 6.30. The second kappa shape index (κ2) is 8.03. The van der Waals surface area contributed by atoms with Crippen molar-refractivity contribution in [1.29, 1.82) is 0 Å². The predicted molar refractivity (Wildman–Crippen MR) is 110 cm³/mol. The summed E-state index contributed by atoms with van der Waals surface area (Å²) in [5, 5.41) is 18.8. The number of tetrazole rings is 1. The van der Waals surface area contributed by atoms with Crippen molar-refractivity contribution in [1.82, 2.24) is 30.0 Å². The summed E-state index contributed by atoms with van der Waals surface area (Å²) in [7, 11) is 0. The zero-order valence-electron chi connectivity index (χ0n) is 16.2. The lowest BCUT2D eigenvalue weighted by atomic mass is 10.1. The fraction of sp³-hybridized carbons (Fsp3) is 0.150. The van der Waals surface area contributed by atoms with Crippen LogP contribution in [-0.4, -0.2) is 35.9 Å². The Labute approximate surface area is 176 Å². The predicted octanol–water partition coefficient (Wildman–Crippen LogP) is 3.76. The Kier molecular flexibility index (Phi) is 5.28. The quantitative estimate of drug-likeness (QED) is 0.525. The molecule has 0 atom stereocenters. The molecular formula is C20H17ClFN7O. The first-order valence-corrected chi connectivity index (χ1v) is 9.55. The van der Waals surface area contributed by atoms with Crippen molar-refractivity contribution in [2.75, 3.05) is 5.32 Å².